The fraction of sp³-hybridized carbons (Fsp3) is 0.545. The fourth-order valence-corrected chi connectivity index (χ4v) is 3.88. The molecule has 0 aliphatic carbocycles. The minimum atomic E-state index is -0.621. The van der Waals surface area contributed by atoms with Crippen LogP contribution in [0, 0.1) is 5.92 Å². The number of carbonyl (C=O) groups excluding carboxylic acids is 2. The zero-order valence-corrected chi connectivity index (χ0v) is 17.5. The molecule has 0 radical (unpaired) electrons. The molecule has 1 aromatic rings. The van der Waals surface area contributed by atoms with Crippen molar-refractivity contribution >= 4 is 12.0 Å². The number of hydrogen-bond donors (Lipinski definition) is 2. The third kappa shape index (κ3) is 5.09. The van der Waals surface area contributed by atoms with Crippen LogP contribution in [-0.2, 0) is 9.53 Å². The van der Waals surface area contributed by atoms with Gasteiger partial charge in [-0.15, -0.1) is 0 Å². The van der Waals surface area contributed by atoms with E-state index in [1.807, 2.05) is 31.2 Å². The molecule has 2 aliphatic heterocycles. The van der Waals surface area contributed by atoms with Crippen molar-refractivity contribution in [2.24, 2.45) is 5.92 Å². The Morgan fingerprint density at radius 3 is 2.59 bits per heavy atom. The molecule has 2 N–H and O–H groups in total. The molecule has 158 valence electrons. The van der Waals surface area contributed by atoms with Crippen LogP contribution < -0.4 is 15.4 Å². The van der Waals surface area contributed by atoms with E-state index in [1.165, 1.54) is 0 Å². The maximum atomic E-state index is 12.9. The highest BCUT2D eigenvalue weighted by molar-refractivity contribution is 5.95. The van der Waals surface area contributed by atoms with Crippen molar-refractivity contribution < 1.29 is 19.1 Å². The van der Waals surface area contributed by atoms with E-state index >= 15 is 0 Å². The molecule has 7 heteroatoms. The van der Waals surface area contributed by atoms with E-state index in [-0.39, 0.29) is 12.6 Å². The average molecular weight is 402 g/mol. The SMILES string of the molecule is CCOC(=O)C1=C(CN2CCC(C)CC2)NC(=O)NC1c1ccccc1OCC. The molecular weight excluding hydrogens is 370 g/mol. The molecule has 1 aromatic carbocycles. The lowest BCUT2D eigenvalue weighted by Crippen LogP contribution is -2.49. The maximum Gasteiger partial charge on any atom is 0.338 e. The standard InChI is InChI=1S/C22H31N3O4/c1-4-28-18-9-7-6-8-16(18)20-19(21(26)29-5-2)17(23-22(27)24-20)14-25-12-10-15(3)11-13-25/h6-9,15,20H,4-5,10-14H2,1-3H3,(H2,23,24,27). The molecule has 1 unspecified atom stereocenters. The van der Waals surface area contributed by atoms with Crippen molar-refractivity contribution in [1.29, 1.82) is 0 Å². The summed E-state index contributed by atoms with van der Waals surface area (Å²) in [5.74, 6) is 0.935. The summed E-state index contributed by atoms with van der Waals surface area (Å²) in [4.78, 5) is 27.7. The number of urea groups is 1. The summed E-state index contributed by atoms with van der Waals surface area (Å²) in [5, 5.41) is 5.75. The third-order valence-corrected chi connectivity index (χ3v) is 5.44. The van der Waals surface area contributed by atoms with E-state index in [2.05, 4.69) is 22.5 Å². The first-order valence-electron chi connectivity index (χ1n) is 10.4. The number of amides is 2. The largest absolute Gasteiger partial charge is 0.494 e. The molecule has 0 aromatic heterocycles. The molecule has 2 amide bonds. The Kier molecular flexibility index (Phi) is 7.14. The fourth-order valence-electron chi connectivity index (χ4n) is 3.88. The molecule has 2 aliphatic rings. The molecule has 1 saturated heterocycles. The van der Waals surface area contributed by atoms with Crippen LogP contribution in [0.25, 0.3) is 0 Å². The van der Waals surface area contributed by atoms with E-state index < -0.39 is 12.0 Å². The van der Waals surface area contributed by atoms with E-state index in [0.717, 1.165) is 31.5 Å². The highest BCUT2D eigenvalue weighted by Crippen LogP contribution is 2.34. The number of likely N-dealkylation sites (tertiary alicyclic amines) is 1. The van der Waals surface area contributed by atoms with Gasteiger partial charge in [0.05, 0.1) is 24.8 Å². The highest BCUT2D eigenvalue weighted by Gasteiger charge is 2.36. The topological polar surface area (TPSA) is 79.9 Å². The van der Waals surface area contributed by atoms with Gasteiger partial charge in [0.1, 0.15) is 5.75 Å². The van der Waals surface area contributed by atoms with Gasteiger partial charge in [0.15, 0.2) is 0 Å². The van der Waals surface area contributed by atoms with Crippen LogP contribution in [0.2, 0.25) is 0 Å². The molecule has 0 saturated carbocycles. The quantitative estimate of drug-likeness (QED) is 0.687. The van der Waals surface area contributed by atoms with Crippen molar-refractivity contribution in [3.8, 4) is 5.75 Å². The summed E-state index contributed by atoms with van der Waals surface area (Å²) in [5.41, 5.74) is 1.80. The number of piperidine rings is 1. The van der Waals surface area contributed by atoms with Crippen molar-refractivity contribution in [3.63, 3.8) is 0 Å². The molecule has 0 spiro atoms. The highest BCUT2D eigenvalue weighted by atomic mass is 16.5. The van der Waals surface area contributed by atoms with Gasteiger partial charge in [0.25, 0.3) is 0 Å². The van der Waals surface area contributed by atoms with Crippen molar-refractivity contribution in [1.82, 2.24) is 15.5 Å². The Hall–Kier alpha value is -2.54. The van der Waals surface area contributed by atoms with Crippen LogP contribution in [-0.4, -0.2) is 49.7 Å². The lowest BCUT2D eigenvalue weighted by atomic mass is 9.93. The summed E-state index contributed by atoms with van der Waals surface area (Å²) in [6.07, 6.45) is 2.23. The number of nitrogens with zero attached hydrogens (tertiary/aromatic N) is 1. The molecule has 3 rings (SSSR count). The zero-order chi connectivity index (χ0) is 20.8. The Morgan fingerprint density at radius 2 is 1.90 bits per heavy atom. The number of rotatable bonds is 7. The first-order valence-corrected chi connectivity index (χ1v) is 10.4. The molecule has 0 bridgehead atoms. The second-order valence-electron chi connectivity index (χ2n) is 7.57. The summed E-state index contributed by atoms with van der Waals surface area (Å²) < 4.78 is 11.1. The number of carbonyl (C=O) groups is 2. The number of para-hydroxylation sites is 1. The number of benzene rings is 1. The molecule has 7 nitrogen and oxygen atoms in total. The van der Waals surface area contributed by atoms with Crippen LogP contribution in [0.4, 0.5) is 4.79 Å². The molecule has 1 atom stereocenters. The van der Waals surface area contributed by atoms with Crippen LogP contribution in [0.5, 0.6) is 5.75 Å². The Labute approximate surface area is 172 Å². The van der Waals surface area contributed by atoms with Crippen molar-refractivity contribution in [2.45, 2.75) is 39.7 Å². The second kappa shape index (κ2) is 9.78. The summed E-state index contributed by atoms with van der Waals surface area (Å²) in [6.45, 7) is 9.12. The molecule has 1 fully saturated rings. The summed E-state index contributed by atoms with van der Waals surface area (Å²) >= 11 is 0. The van der Waals surface area contributed by atoms with Gasteiger partial charge in [-0.05, 0) is 51.8 Å². The van der Waals surface area contributed by atoms with Crippen LogP contribution in [0.15, 0.2) is 35.5 Å². The normalized spacial score (nSPS) is 20.8. The van der Waals surface area contributed by atoms with Crippen LogP contribution in [0.3, 0.4) is 0 Å². The number of esters is 1. The molecular formula is C22H31N3O4. The average Bonchev–Trinajstić information content (AvgIpc) is 2.70. The van der Waals surface area contributed by atoms with Crippen LogP contribution in [0.1, 0.15) is 45.2 Å². The number of nitrogens with one attached hydrogen (secondary N) is 2. The van der Waals surface area contributed by atoms with Gasteiger partial charge in [0.2, 0.25) is 0 Å². The van der Waals surface area contributed by atoms with Gasteiger partial charge < -0.3 is 20.1 Å². The second-order valence-corrected chi connectivity index (χ2v) is 7.57. The van der Waals surface area contributed by atoms with E-state index in [9.17, 15) is 9.59 Å². The van der Waals surface area contributed by atoms with Gasteiger partial charge in [-0.3, -0.25) is 4.90 Å². The molecule has 29 heavy (non-hydrogen) atoms. The summed E-state index contributed by atoms with van der Waals surface area (Å²) in [7, 11) is 0. The van der Waals surface area contributed by atoms with E-state index in [4.69, 9.17) is 9.47 Å². The monoisotopic (exact) mass is 401 g/mol. The van der Waals surface area contributed by atoms with Gasteiger partial charge in [-0.25, -0.2) is 9.59 Å². The Morgan fingerprint density at radius 1 is 1.17 bits per heavy atom. The van der Waals surface area contributed by atoms with Gasteiger partial charge in [-0.2, -0.15) is 0 Å². The maximum absolute atomic E-state index is 12.9. The van der Waals surface area contributed by atoms with Gasteiger partial charge >= 0.3 is 12.0 Å². The summed E-state index contributed by atoms with van der Waals surface area (Å²) in [6, 6.07) is 6.53. The predicted octanol–water partition coefficient (Wildman–Crippen LogP) is 2.99. The predicted molar refractivity (Wildman–Crippen MR) is 111 cm³/mol. The lowest BCUT2D eigenvalue weighted by molar-refractivity contribution is -0.139. The number of ether oxygens (including phenoxy) is 2. The van der Waals surface area contributed by atoms with E-state index in [1.54, 1.807) is 6.92 Å². The minimum Gasteiger partial charge on any atom is -0.494 e. The smallest absolute Gasteiger partial charge is 0.338 e. The first-order chi connectivity index (χ1) is 14.0. The Balaban J connectivity index is 1.99. The van der Waals surface area contributed by atoms with Gasteiger partial charge in [-0.1, -0.05) is 25.1 Å². The third-order valence-electron chi connectivity index (χ3n) is 5.44. The van der Waals surface area contributed by atoms with Gasteiger partial charge in [0, 0.05) is 17.8 Å². The zero-order valence-electron chi connectivity index (χ0n) is 17.5. The van der Waals surface area contributed by atoms with Crippen molar-refractivity contribution in [3.05, 3.63) is 41.1 Å². The van der Waals surface area contributed by atoms with Crippen molar-refractivity contribution in [2.75, 3.05) is 32.8 Å². The van der Waals surface area contributed by atoms with Crippen LogP contribution >= 0.6 is 0 Å². The first kappa shape index (κ1) is 21.2. The minimum absolute atomic E-state index is 0.268. The number of hydrogen-bond acceptors (Lipinski definition) is 5. The Bertz CT molecular complexity index is 769. The molecule has 2 heterocycles. The van der Waals surface area contributed by atoms with E-state index in [0.29, 0.717) is 36.1 Å². The lowest BCUT2D eigenvalue weighted by Gasteiger charge is -2.35.